The SMILES string of the molecule is C=C/C=C\c1ccccc2c(-c3ccc4c(c3)sc3cc(-c5ccc6ccc7cccc8ccc5c6c78)ccc34)ccc(cc1)c2=C. The van der Waals surface area contributed by atoms with Gasteiger partial charge in [0.1, 0.15) is 0 Å². The minimum absolute atomic E-state index is 1.03. The lowest BCUT2D eigenvalue weighted by Crippen LogP contribution is -2.01. The normalized spacial score (nSPS) is 11.9. The largest absolute Gasteiger partial charge is 0.135 e. The third kappa shape index (κ3) is 4.51. The summed E-state index contributed by atoms with van der Waals surface area (Å²) in [7, 11) is 0. The summed E-state index contributed by atoms with van der Waals surface area (Å²) in [6, 6.07) is 51.3. The van der Waals surface area contributed by atoms with E-state index in [0.29, 0.717) is 0 Å². The lowest BCUT2D eigenvalue weighted by atomic mass is 9.90. The molecule has 0 spiro atoms. The maximum atomic E-state index is 4.51. The molecule has 0 unspecified atom stereocenters. The average molecular weight is 615 g/mol. The van der Waals surface area contributed by atoms with Crippen molar-refractivity contribution in [3.05, 3.63) is 169 Å². The minimum Gasteiger partial charge on any atom is -0.135 e. The standard InChI is InChI=1S/C46H30S/c1-3-4-8-30-9-5-6-12-37-29(2)31(14-13-30)17-22-38(37)35-20-24-40-41-25-21-36(28-44(41)47-43(40)27-35)39-23-18-34-16-15-32-10-7-11-33-19-26-42(39)46(34)45(32)33/h3-28H,1-2H2/b6-5?,8-4-,9-5?,12-6?,14-13?,30-9?,30-13?,31-14?,37-12?. The lowest BCUT2D eigenvalue weighted by Gasteiger charge is -2.14. The van der Waals surface area contributed by atoms with E-state index in [1.54, 1.807) is 6.08 Å². The van der Waals surface area contributed by atoms with Crippen LogP contribution < -0.4 is 5.22 Å². The molecule has 0 aliphatic heterocycles. The van der Waals surface area contributed by atoms with Crippen molar-refractivity contribution < 1.29 is 0 Å². The van der Waals surface area contributed by atoms with Gasteiger partial charge in [0, 0.05) is 20.2 Å². The van der Waals surface area contributed by atoms with Crippen LogP contribution in [0.4, 0.5) is 0 Å². The van der Waals surface area contributed by atoms with Crippen molar-refractivity contribution >= 4 is 87.3 Å². The van der Waals surface area contributed by atoms with Crippen LogP contribution in [-0.2, 0) is 0 Å². The number of hydrogen-bond donors (Lipinski definition) is 0. The first-order chi connectivity index (χ1) is 23.2. The van der Waals surface area contributed by atoms with Gasteiger partial charge in [0.25, 0.3) is 0 Å². The van der Waals surface area contributed by atoms with E-state index >= 15 is 0 Å². The predicted octanol–water partition coefficient (Wildman–Crippen LogP) is 12.9. The minimum atomic E-state index is 1.03. The molecule has 0 aliphatic carbocycles. The molecule has 9 rings (SSSR count). The first-order valence-corrected chi connectivity index (χ1v) is 16.8. The Hall–Kier alpha value is -5.76. The maximum Gasteiger partial charge on any atom is 0.0361 e. The number of hydrogen-bond acceptors (Lipinski definition) is 1. The molecule has 0 amide bonds. The van der Waals surface area contributed by atoms with Gasteiger partial charge in [0.2, 0.25) is 0 Å². The zero-order chi connectivity index (χ0) is 31.5. The molecule has 1 heterocycles. The Morgan fingerprint density at radius 1 is 0.468 bits per heavy atom. The van der Waals surface area contributed by atoms with Crippen molar-refractivity contribution in [1.82, 2.24) is 0 Å². The fourth-order valence-corrected chi connectivity index (χ4v) is 8.41. The van der Waals surface area contributed by atoms with Gasteiger partial charge in [-0.15, -0.1) is 11.3 Å². The fraction of sp³-hybridized carbons (Fsp3) is 0. The highest BCUT2D eigenvalue weighted by Gasteiger charge is 2.14. The lowest BCUT2D eigenvalue weighted by molar-refractivity contribution is 1.65. The van der Waals surface area contributed by atoms with Gasteiger partial charge >= 0.3 is 0 Å². The molecule has 1 heteroatoms. The molecule has 47 heavy (non-hydrogen) atoms. The van der Waals surface area contributed by atoms with Gasteiger partial charge in [-0.05, 0) is 88.3 Å². The Balaban J connectivity index is 1.17. The summed E-state index contributed by atoms with van der Waals surface area (Å²) in [6.45, 7) is 8.30. The first-order valence-electron chi connectivity index (χ1n) is 16.0. The first kappa shape index (κ1) is 27.5. The maximum absolute atomic E-state index is 4.51. The molecule has 8 aromatic carbocycles. The summed E-state index contributed by atoms with van der Waals surface area (Å²) >= 11 is 1.88. The van der Waals surface area contributed by atoms with Crippen molar-refractivity contribution in [3.8, 4) is 22.3 Å². The van der Waals surface area contributed by atoms with Crippen LogP contribution in [0.3, 0.4) is 0 Å². The Bertz CT molecular complexity index is 2810. The van der Waals surface area contributed by atoms with E-state index in [-0.39, 0.29) is 0 Å². The second-order valence-electron chi connectivity index (χ2n) is 12.2. The molecule has 220 valence electrons. The molecule has 0 aliphatic rings. The summed E-state index contributed by atoms with van der Waals surface area (Å²) in [5, 5.41) is 13.8. The molecule has 0 radical (unpaired) electrons. The number of fused-ring (bicyclic) bond motifs is 5. The third-order valence-corrected chi connectivity index (χ3v) is 10.7. The van der Waals surface area contributed by atoms with Crippen molar-refractivity contribution in [2.45, 2.75) is 0 Å². The van der Waals surface area contributed by atoms with E-state index in [1.165, 1.54) is 74.7 Å². The topological polar surface area (TPSA) is 0 Å². The monoisotopic (exact) mass is 614 g/mol. The number of rotatable bonds is 4. The zero-order valence-electron chi connectivity index (χ0n) is 25.8. The molecule has 0 fully saturated rings. The van der Waals surface area contributed by atoms with Gasteiger partial charge in [-0.1, -0.05) is 159 Å². The second kappa shape index (κ2) is 10.9. The molecule has 0 saturated heterocycles. The molecule has 0 nitrogen and oxygen atoms in total. The van der Waals surface area contributed by atoms with E-state index in [0.717, 1.165) is 21.6 Å². The van der Waals surface area contributed by atoms with Crippen molar-refractivity contribution in [2.75, 3.05) is 0 Å². The molecule has 0 saturated carbocycles. The second-order valence-corrected chi connectivity index (χ2v) is 13.3. The van der Waals surface area contributed by atoms with Crippen molar-refractivity contribution in [3.63, 3.8) is 0 Å². The van der Waals surface area contributed by atoms with Crippen LogP contribution in [0.2, 0.25) is 0 Å². The highest BCUT2D eigenvalue weighted by molar-refractivity contribution is 7.25. The Labute approximate surface area is 277 Å². The Kier molecular flexibility index (Phi) is 6.41. The van der Waals surface area contributed by atoms with Crippen LogP contribution in [-0.4, -0.2) is 0 Å². The van der Waals surface area contributed by atoms with Crippen LogP contribution >= 0.6 is 11.3 Å². The van der Waals surface area contributed by atoms with E-state index in [2.05, 4.69) is 159 Å². The molecule has 0 N–H and O–H groups in total. The van der Waals surface area contributed by atoms with E-state index < -0.39 is 0 Å². The van der Waals surface area contributed by atoms with Crippen molar-refractivity contribution in [1.29, 1.82) is 0 Å². The number of benzene rings is 7. The molecule has 9 aromatic rings. The van der Waals surface area contributed by atoms with Gasteiger partial charge in [-0.3, -0.25) is 0 Å². The van der Waals surface area contributed by atoms with E-state index in [4.69, 9.17) is 0 Å². The highest BCUT2D eigenvalue weighted by Crippen LogP contribution is 2.42. The number of allylic oxidation sites excluding steroid dienone is 2. The summed E-state index contributed by atoms with van der Waals surface area (Å²) in [6.07, 6.45) is 5.81. The molecule has 1 aromatic heterocycles. The predicted molar refractivity (Wildman–Crippen MR) is 209 cm³/mol. The van der Waals surface area contributed by atoms with Crippen LogP contribution in [0.25, 0.3) is 98.2 Å². The molecular formula is C46H30S. The number of thiophene rings is 1. The van der Waals surface area contributed by atoms with Gasteiger partial charge in [0.15, 0.2) is 0 Å². The third-order valence-electron chi connectivity index (χ3n) is 9.56. The van der Waals surface area contributed by atoms with E-state index in [9.17, 15) is 0 Å². The van der Waals surface area contributed by atoms with Crippen LogP contribution in [0, 0.1) is 0 Å². The van der Waals surface area contributed by atoms with Gasteiger partial charge in [-0.25, -0.2) is 0 Å². The quantitative estimate of drug-likeness (QED) is 0.137. The van der Waals surface area contributed by atoms with Crippen LogP contribution in [0.15, 0.2) is 158 Å². The smallest absolute Gasteiger partial charge is 0.0361 e. The average Bonchev–Trinajstić information content (AvgIpc) is 3.47. The summed E-state index contributed by atoms with van der Waals surface area (Å²) in [5.74, 6) is 0. The fourth-order valence-electron chi connectivity index (χ4n) is 7.23. The van der Waals surface area contributed by atoms with Crippen LogP contribution in [0.5, 0.6) is 0 Å². The molecule has 2 bridgehead atoms. The van der Waals surface area contributed by atoms with Crippen LogP contribution in [0.1, 0.15) is 5.56 Å². The van der Waals surface area contributed by atoms with Gasteiger partial charge in [0.05, 0.1) is 0 Å². The zero-order valence-corrected chi connectivity index (χ0v) is 26.7. The van der Waals surface area contributed by atoms with Gasteiger partial charge < -0.3 is 0 Å². The van der Waals surface area contributed by atoms with Crippen molar-refractivity contribution in [2.24, 2.45) is 0 Å². The summed E-state index contributed by atoms with van der Waals surface area (Å²) in [4.78, 5) is 0. The van der Waals surface area contributed by atoms with E-state index in [1.807, 2.05) is 17.4 Å². The molecular weight excluding hydrogens is 585 g/mol. The summed E-state index contributed by atoms with van der Waals surface area (Å²) < 4.78 is 2.60. The van der Waals surface area contributed by atoms with Gasteiger partial charge in [-0.2, -0.15) is 0 Å². The Morgan fingerprint density at radius 2 is 1.04 bits per heavy atom. The molecule has 0 atom stereocenters. The Morgan fingerprint density at radius 3 is 1.77 bits per heavy atom. The highest BCUT2D eigenvalue weighted by atomic mass is 32.1. The summed E-state index contributed by atoms with van der Waals surface area (Å²) in [5.41, 5.74) is 6.06.